The molecule has 0 saturated carbocycles. The van der Waals surface area contributed by atoms with Crippen LogP contribution < -0.4 is 5.56 Å². The highest BCUT2D eigenvalue weighted by Crippen LogP contribution is 2.02. The van der Waals surface area contributed by atoms with Crippen molar-refractivity contribution in [3.63, 3.8) is 0 Å². The number of halogens is 1. The predicted molar refractivity (Wildman–Crippen MR) is 53.0 cm³/mol. The van der Waals surface area contributed by atoms with Gasteiger partial charge in [-0.3, -0.25) is 4.79 Å². The van der Waals surface area contributed by atoms with Crippen molar-refractivity contribution in [1.29, 1.82) is 0 Å². The number of rotatable bonds is 2. The molecule has 4 nitrogen and oxygen atoms in total. The molecule has 0 aliphatic heterocycles. The lowest BCUT2D eigenvalue weighted by atomic mass is 10.4. The summed E-state index contributed by atoms with van der Waals surface area (Å²) in [4.78, 5) is 17.9. The standard InChI is InChI=1S/C7H9IN2O2/c1-4-6(8)7(11)10-5(9-4)3-12-2/h3H2,1-2H3,(H,9,10,11). The maximum Gasteiger partial charge on any atom is 0.264 e. The van der Waals surface area contributed by atoms with Crippen LogP contribution in [0.2, 0.25) is 0 Å². The Labute approximate surface area is 83.5 Å². The van der Waals surface area contributed by atoms with Crippen LogP contribution in [0, 0.1) is 10.5 Å². The molecule has 66 valence electrons. The summed E-state index contributed by atoms with van der Waals surface area (Å²) >= 11 is 1.97. The molecule has 1 rings (SSSR count). The highest BCUT2D eigenvalue weighted by molar-refractivity contribution is 14.1. The van der Waals surface area contributed by atoms with Gasteiger partial charge in [-0.25, -0.2) is 4.98 Å². The summed E-state index contributed by atoms with van der Waals surface area (Å²) in [6.07, 6.45) is 0. The summed E-state index contributed by atoms with van der Waals surface area (Å²) < 4.78 is 5.47. The Morgan fingerprint density at radius 2 is 2.33 bits per heavy atom. The average molecular weight is 280 g/mol. The topological polar surface area (TPSA) is 55.0 Å². The van der Waals surface area contributed by atoms with E-state index in [4.69, 9.17) is 4.74 Å². The number of ether oxygens (including phenoxy) is 1. The third-order valence-electron chi connectivity index (χ3n) is 1.36. The number of H-pyrrole nitrogens is 1. The predicted octanol–water partition coefficient (Wildman–Crippen LogP) is 0.829. The van der Waals surface area contributed by atoms with E-state index in [0.717, 1.165) is 5.69 Å². The number of aryl methyl sites for hydroxylation is 1. The summed E-state index contributed by atoms with van der Waals surface area (Å²) in [7, 11) is 1.56. The summed E-state index contributed by atoms with van der Waals surface area (Å²) in [5, 5.41) is 0. The molecule has 5 heteroatoms. The molecule has 1 heterocycles. The van der Waals surface area contributed by atoms with Gasteiger partial charge in [-0.15, -0.1) is 0 Å². The highest BCUT2D eigenvalue weighted by Gasteiger charge is 2.03. The van der Waals surface area contributed by atoms with E-state index in [9.17, 15) is 4.79 Å². The van der Waals surface area contributed by atoms with Gasteiger partial charge in [0.1, 0.15) is 12.4 Å². The third kappa shape index (κ3) is 2.04. The molecule has 1 N–H and O–H groups in total. The molecule has 0 fully saturated rings. The second-order valence-corrected chi connectivity index (χ2v) is 3.42. The zero-order valence-electron chi connectivity index (χ0n) is 6.85. The van der Waals surface area contributed by atoms with Gasteiger partial charge >= 0.3 is 0 Å². The molecule has 0 aliphatic rings. The molecular weight excluding hydrogens is 271 g/mol. The first-order valence-electron chi connectivity index (χ1n) is 3.39. The average Bonchev–Trinajstić information content (AvgIpc) is 2.01. The smallest absolute Gasteiger partial charge is 0.264 e. The van der Waals surface area contributed by atoms with Crippen molar-refractivity contribution in [1.82, 2.24) is 9.97 Å². The highest BCUT2D eigenvalue weighted by atomic mass is 127. The van der Waals surface area contributed by atoms with Crippen LogP contribution in [-0.2, 0) is 11.3 Å². The van der Waals surface area contributed by atoms with Crippen molar-refractivity contribution in [3.05, 3.63) is 25.4 Å². The van der Waals surface area contributed by atoms with Crippen molar-refractivity contribution in [3.8, 4) is 0 Å². The molecule has 0 unspecified atom stereocenters. The molecule has 0 atom stereocenters. The molecule has 1 aromatic rings. The van der Waals surface area contributed by atoms with Gasteiger partial charge in [0.05, 0.1) is 9.26 Å². The van der Waals surface area contributed by atoms with Gasteiger partial charge in [-0.1, -0.05) is 0 Å². The van der Waals surface area contributed by atoms with Crippen LogP contribution >= 0.6 is 22.6 Å². The second-order valence-electron chi connectivity index (χ2n) is 2.35. The monoisotopic (exact) mass is 280 g/mol. The van der Waals surface area contributed by atoms with E-state index in [1.165, 1.54) is 0 Å². The summed E-state index contributed by atoms with van der Waals surface area (Å²) in [5.74, 6) is 0.570. The van der Waals surface area contributed by atoms with E-state index in [1.807, 2.05) is 22.6 Å². The molecule has 0 amide bonds. The van der Waals surface area contributed by atoms with E-state index in [1.54, 1.807) is 14.0 Å². The van der Waals surface area contributed by atoms with Gasteiger partial charge in [0.15, 0.2) is 0 Å². The van der Waals surface area contributed by atoms with E-state index >= 15 is 0 Å². The lowest BCUT2D eigenvalue weighted by molar-refractivity contribution is 0.177. The maximum absolute atomic E-state index is 11.2. The first kappa shape index (κ1) is 9.66. The fourth-order valence-corrected chi connectivity index (χ4v) is 1.09. The Balaban J connectivity index is 3.13. The van der Waals surface area contributed by atoms with E-state index < -0.39 is 0 Å². The van der Waals surface area contributed by atoms with Gasteiger partial charge in [0.2, 0.25) is 0 Å². The Morgan fingerprint density at radius 3 is 2.83 bits per heavy atom. The van der Waals surface area contributed by atoms with E-state index in [2.05, 4.69) is 9.97 Å². The van der Waals surface area contributed by atoms with Crippen LogP contribution in [0.5, 0.6) is 0 Å². The van der Waals surface area contributed by atoms with Crippen LogP contribution in [0.25, 0.3) is 0 Å². The Bertz CT molecular complexity index is 335. The zero-order chi connectivity index (χ0) is 9.14. The molecular formula is C7H9IN2O2. The summed E-state index contributed by atoms with van der Waals surface area (Å²) in [6.45, 7) is 2.14. The number of nitrogens with one attached hydrogen (secondary N) is 1. The largest absolute Gasteiger partial charge is 0.377 e. The van der Waals surface area contributed by atoms with Crippen LogP contribution in [0.15, 0.2) is 4.79 Å². The van der Waals surface area contributed by atoms with Crippen molar-refractivity contribution >= 4 is 22.6 Å². The minimum Gasteiger partial charge on any atom is -0.377 e. The summed E-state index contributed by atoms with van der Waals surface area (Å²) in [5.41, 5.74) is 0.640. The first-order valence-corrected chi connectivity index (χ1v) is 4.47. The van der Waals surface area contributed by atoms with Crippen molar-refractivity contribution in [2.75, 3.05) is 7.11 Å². The number of hydrogen-bond acceptors (Lipinski definition) is 3. The van der Waals surface area contributed by atoms with Crippen LogP contribution in [-0.4, -0.2) is 17.1 Å². The zero-order valence-corrected chi connectivity index (χ0v) is 9.01. The quantitative estimate of drug-likeness (QED) is 0.816. The van der Waals surface area contributed by atoms with Gasteiger partial charge in [-0.2, -0.15) is 0 Å². The lowest BCUT2D eigenvalue weighted by Crippen LogP contribution is -2.16. The Morgan fingerprint density at radius 1 is 1.67 bits per heavy atom. The van der Waals surface area contributed by atoms with E-state index in [-0.39, 0.29) is 5.56 Å². The number of nitrogens with zero attached hydrogens (tertiary/aromatic N) is 1. The molecule has 0 radical (unpaired) electrons. The van der Waals surface area contributed by atoms with Crippen molar-refractivity contribution in [2.45, 2.75) is 13.5 Å². The van der Waals surface area contributed by atoms with Crippen LogP contribution in [0.4, 0.5) is 0 Å². The maximum atomic E-state index is 11.2. The SMILES string of the molecule is COCc1nc(C)c(I)c(=O)[nH]1. The normalized spacial score (nSPS) is 10.2. The van der Waals surface area contributed by atoms with Crippen molar-refractivity contribution in [2.24, 2.45) is 0 Å². The molecule has 0 saturated heterocycles. The number of hydrogen-bond donors (Lipinski definition) is 1. The number of aromatic nitrogens is 2. The fourth-order valence-electron chi connectivity index (χ4n) is 0.835. The Kier molecular flexibility index (Phi) is 3.21. The van der Waals surface area contributed by atoms with Gasteiger partial charge in [-0.05, 0) is 29.5 Å². The first-order chi connectivity index (χ1) is 5.65. The Hall–Kier alpha value is -0.430. The molecule has 12 heavy (non-hydrogen) atoms. The fraction of sp³-hybridized carbons (Fsp3) is 0.429. The molecule has 1 aromatic heterocycles. The van der Waals surface area contributed by atoms with Gasteiger partial charge < -0.3 is 9.72 Å². The lowest BCUT2D eigenvalue weighted by Gasteiger charge is -2.01. The second kappa shape index (κ2) is 3.99. The molecule has 0 aromatic carbocycles. The number of aromatic amines is 1. The molecule has 0 aliphatic carbocycles. The van der Waals surface area contributed by atoms with E-state index in [0.29, 0.717) is 16.0 Å². The molecule has 0 spiro atoms. The third-order valence-corrected chi connectivity index (χ3v) is 2.63. The van der Waals surface area contributed by atoms with Gasteiger partial charge in [0.25, 0.3) is 5.56 Å². The van der Waals surface area contributed by atoms with Crippen LogP contribution in [0.3, 0.4) is 0 Å². The minimum atomic E-state index is -0.102. The van der Waals surface area contributed by atoms with Crippen molar-refractivity contribution < 1.29 is 4.74 Å². The molecule has 0 bridgehead atoms. The minimum absolute atomic E-state index is 0.102. The number of methoxy groups -OCH3 is 1. The van der Waals surface area contributed by atoms with Crippen LogP contribution in [0.1, 0.15) is 11.5 Å². The van der Waals surface area contributed by atoms with Gasteiger partial charge in [0, 0.05) is 7.11 Å². The summed E-state index contributed by atoms with van der Waals surface area (Å²) in [6, 6.07) is 0.